The number of carbonyl (C=O) groups is 1. The Kier molecular flexibility index (Phi) is 6.43. The third-order valence-corrected chi connectivity index (χ3v) is 7.73. The zero-order chi connectivity index (χ0) is 22.9. The Balaban J connectivity index is 1.55. The smallest absolute Gasteiger partial charge is 0.246 e. The summed E-state index contributed by atoms with van der Waals surface area (Å²) in [6, 6.07) is 12.2. The van der Waals surface area contributed by atoms with Gasteiger partial charge in [0.1, 0.15) is 5.82 Å². The van der Waals surface area contributed by atoms with Gasteiger partial charge in [0.15, 0.2) is 0 Å². The van der Waals surface area contributed by atoms with Crippen LogP contribution >= 0.6 is 34.5 Å². The van der Waals surface area contributed by atoms with Gasteiger partial charge >= 0.3 is 0 Å². The van der Waals surface area contributed by atoms with Gasteiger partial charge in [-0.2, -0.15) is 0 Å². The van der Waals surface area contributed by atoms with Crippen molar-refractivity contribution in [3.8, 4) is 11.1 Å². The fraction of sp³-hybridized carbons (Fsp3) is 0.280. The highest BCUT2D eigenvalue weighted by molar-refractivity contribution is 7.16. The molecule has 2 aliphatic rings. The van der Waals surface area contributed by atoms with Gasteiger partial charge in [0.2, 0.25) is 5.91 Å². The van der Waals surface area contributed by atoms with E-state index in [0.717, 1.165) is 44.8 Å². The van der Waals surface area contributed by atoms with E-state index in [0.29, 0.717) is 31.3 Å². The molecule has 0 bridgehead atoms. The van der Waals surface area contributed by atoms with Crippen LogP contribution in [-0.4, -0.2) is 48.6 Å². The van der Waals surface area contributed by atoms with E-state index in [4.69, 9.17) is 32.9 Å². The van der Waals surface area contributed by atoms with Crippen molar-refractivity contribution in [1.82, 2.24) is 9.88 Å². The van der Waals surface area contributed by atoms with E-state index in [9.17, 15) is 4.79 Å². The largest absolute Gasteiger partial charge is 0.378 e. The van der Waals surface area contributed by atoms with Gasteiger partial charge in [-0.05, 0) is 34.9 Å². The summed E-state index contributed by atoms with van der Waals surface area (Å²) in [5, 5.41) is 0.621. The van der Waals surface area contributed by atoms with Crippen molar-refractivity contribution in [3.63, 3.8) is 0 Å². The summed E-state index contributed by atoms with van der Waals surface area (Å²) in [5.74, 6) is 0.705. The van der Waals surface area contributed by atoms with Crippen molar-refractivity contribution >= 4 is 46.3 Å². The summed E-state index contributed by atoms with van der Waals surface area (Å²) in [5.41, 5.74) is 4.29. The Morgan fingerprint density at radius 3 is 2.73 bits per heavy atom. The number of aromatic nitrogens is 1. The molecule has 2 aromatic heterocycles. The van der Waals surface area contributed by atoms with Crippen LogP contribution in [0.15, 0.2) is 55.3 Å². The van der Waals surface area contributed by atoms with Crippen molar-refractivity contribution in [3.05, 3.63) is 80.6 Å². The number of nitrogens with zero attached hydrogens (tertiary/aromatic N) is 3. The summed E-state index contributed by atoms with van der Waals surface area (Å²) in [6.45, 7) is 7.69. The zero-order valence-corrected chi connectivity index (χ0v) is 20.3. The van der Waals surface area contributed by atoms with Gasteiger partial charge in [-0.3, -0.25) is 4.79 Å². The number of anilines is 1. The summed E-state index contributed by atoms with van der Waals surface area (Å²) >= 11 is 14.6. The van der Waals surface area contributed by atoms with Crippen molar-refractivity contribution in [2.24, 2.45) is 0 Å². The molecule has 4 heterocycles. The van der Waals surface area contributed by atoms with E-state index in [2.05, 4.69) is 23.6 Å². The number of benzene rings is 1. The first kappa shape index (κ1) is 22.4. The van der Waals surface area contributed by atoms with Crippen LogP contribution in [0.5, 0.6) is 0 Å². The van der Waals surface area contributed by atoms with Crippen LogP contribution in [-0.2, 0) is 16.1 Å². The lowest BCUT2D eigenvalue weighted by Gasteiger charge is -2.33. The molecular formula is C25H23Cl2N3O2S. The van der Waals surface area contributed by atoms with Crippen LogP contribution in [0.4, 0.5) is 5.82 Å². The van der Waals surface area contributed by atoms with E-state index in [-0.39, 0.29) is 11.8 Å². The summed E-state index contributed by atoms with van der Waals surface area (Å²) in [4.78, 5) is 22.3. The third-order valence-electron chi connectivity index (χ3n) is 6.19. The maximum absolute atomic E-state index is 12.5. The number of carbonyl (C=O) groups excluding carboxylic acids is 1. The van der Waals surface area contributed by atoms with E-state index in [1.807, 2.05) is 35.4 Å². The normalized spacial score (nSPS) is 18.2. The number of hydrogen-bond acceptors (Lipinski definition) is 5. The first-order valence-electron chi connectivity index (χ1n) is 10.8. The molecule has 0 N–H and O–H groups in total. The van der Waals surface area contributed by atoms with Crippen LogP contribution < -0.4 is 4.90 Å². The molecule has 8 heteroatoms. The van der Waals surface area contributed by atoms with Crippen molar-refractivity contribution in [1.29, 1.82) is 0 Å². The first-order chi connectivity index (χ1) is 16.0. The fourth-order valence-corrected chi connectivity index (χ4v) is 6.24. The molecule has 0 saturated carbocycles. The second-order valence-corrected chi connectivity index (χ2v) is 10.3. The Labute approximate surface area is 207 Å². The van der Waals surface area contributed by atoms with Crippen LogP contribution in [0, 0.1) is 0 Å². The van der Waals surface area contributed by atoms with Gasteiger partial charge < -0.3 is 14.5 Å². The molecule has 2 aliphatic heterocycles. The molecule has 5 rings (SSSR count). The second-order valence-electron chi connectivity index (χ2n) is 8.12. The Morgan fingerprint density at radius 1 is 1.18 bits per heavy atom. The molecule has 1 aromatic carbocycles. The molecule has 1 saturated heterocycles. The van der Waals surface area contributed by atoms with Gasteiger partial charge in [0, 0.05) is 42.2 Å². The number of fused-ring (bicyclic) bond motifs is 1. The van der Waals surface area contributed by atoms with Crippen molar-refractivity contribution < 1.29 is 9.53 Å². The first-order valence-corrected chi connectivity index (χ1v) is 12.4. The molecular weight excluding hydrogens is 477 g/mol. The van der Waals surface area contributed by atoms with Crippen LogP contribution in [0.1, 0.15) is 21.9 Å². The number of rotatable bonds is 4. The van der Waals surface area contributed by atoms with E-state index < -0.39 is 0 Å². The van der Waals surface area contributed by atoms with E-state index in [1.165, 1.54) is 23.0 Å². The lowest BCUT2D eigenvalue weighted by atomic mass is 9.84. The highest BCUT2D eigenvalue weighted by Crippen LogP contribution is 2.43. The minimum Gasteiger partial charge on any atom is -0.378 e. The summed E-state index contributed by atoms with van der Waals surface area (Å²) < 4.78 is 6.18. The average Bonchev–Trinajstić information content (AvgIpc) is 3.23. The van der Waals surface area contributed by atoms with Gasteiger partial charge in [-0.1, -0.05) is 54.0 Å². The van der Waals surface area contributed by atoms with Crippen LogP contribution in [0.2, 0.25) is 9.36 Å². The molecule has 170 valence electrons. The molecule has 3 aromatic rings. The van der Waals surface area contributed by atoms with Gasteiger partial charge in [-0.15, -0.1) is 11.3 Å². The minimum atomic E-state index is -0.0766. The molecule has 1 atom stereocenters. The monoisotopic (exact) mass is 499 g/mol. The van der Waals surface area contributed by atoms with Crippen molar-refractivity contribution in [2.75, 3.05) is 37.7 Å². The molecule has 5 nitrogen and oxygen atoms in total. The Hall–Kier alpha value is -2.38. The van der Waals surface area contributed by atoms with Crippen LogP contribution in [0.25, 0.3) is 11.1 Å². The molecule has 33 heavy (non-hydrogen) atoms. The quantitative estimate of drug-likeness (QED) is 0.437. The topological polar surface area (TPSA) is 45.7 Å². The van der Waals surface area contributed by atoms with Gasteiger partial charge in [-0.25, -0.2) is 4.98 Å². The lowest BCUT2D eigenvalue weighted by Crippen LogP contribution is -2.37. The predicted molar refractivity (Wildman–Crippen MR) is 135 cm³/mol. The highest BCUT2D eigenvalue weighted by Gasteiger charge is 2.32. The zero-order valence-electron chi connectivity index (χ0n) is 18.0. The van der Waals surface area contributed by atoms with Crippen molar-refractivity contribution in [2.45, 2.75) is 12.5 Å². The Bertz CT molecular complexity index is 1210. The van der Waals surface area contributed by atoms with Crippen LogP contribution in [0.3, 0.4) is 0 Å². The van der Waals surface area contributed by atoms with E-state index >= 15 is 0 Å². The maximum atomic E-state index is 12.5. The fourth-order valence-electron chi connectivity index (χ4n) is 4.60. The molecule has 0 radical (unpaired) electrons. The lowest BCUT2D eigenvalue weighted by molar-refractivity contribution is -0.127. The SMILES string of the molecule is C=CC(=O)N1Cc2sc(Cl)cc2[C@@H](c2ccccc2-c2cnc(N3CCOCC3)c(Cl)c2)C1. The molecule has 0 unspecified atom stereocenters. The third kappa shape index (κ3) is 4.41. The summed E-state index contributed by atoms with van der Waals surface area (Å²) in [7, 11) is 0. The summed E-state index contributed by atoms with van der Waals surface area (Å²) in [6.07, 6.45) is 3.25. The number of ether oxygens (including phenoxy) is 1. The molecule has 0 spiro atoms. The van der Waals surface area contributed by atoms with Gasteiger partial charge in [0.05, 0.1) is 29.1 Å². The number of amides is 1. The standard InChI is InChI=1S/C25H23Cl2N3O2S/c1-2-24(31)30-14-20(19-12-23(27)33-22(19)15-30)18-6-4-3-5-17(18)16-11-21(26)25(28-13-16)29-7-9-32-10-8-29/h2-6,11-13,20H,1,7-10,14-15H2/t20-/m1/s1. The number of hydrogen-bond donors (Lipinski definition) is 0. The maximum Gasteiger partial charge on any atom is 0.246 e. The molecule has 1 fully saturated rings. The number of halogens is 2. The highest BCUT2D eigenvalue weighted by atomic mass is 35.5. The predicted octanol–water partition coefficient (Wildman–Crippen LogP) is 5.61. The number of morpholine rings is 1. The van der Waals surface area contributed by atoms with E-state index in [1.54, 1.807) is 0 Å². The molecule has 0 aliphatic carbocycles. The van der Waals surface area contributed by atoms with Gasteiger partial charge in [0.25, 0.3) is 0 Å². The molecule has 1 amide bonds. The minimum absolute atomic E-state index is 0.00436. The number of thiophene rings is 1. The second kappa shape index (κ2) is 9.47. The average molecular weight is 500 g/mol. The number of pyridine rings is 1. The Morgan fingerprint density at radius 2 is 1.97 bits per heavy atom.